The van der Waals surface area contributed by atoms with Gasteiger partial charge in [-0.05, 0) is 36.1 Å². The van der Waals surface area contributed by atoms with Crippen LogP contribution in [0.1, 0.15) is 15.2 Å². The van der Waals surface area contributed by atoms with Gasteiger partial charge < -0.3 is 10.1 Å². The average molecular weight is 333 g/mol. The van der Waals surface area contributed by atoms with Crippen molar-refractivity contribution >= 4 is 34.7 Å². The first-order valence-corrected chi connectivity index (χ1v) is 7.49. The van der Waals surface area contributed by atoms with Gasteiger partial charge in [-0.15, -0.1) is 11.3 Å². The predicted octanol–water partition coefficient (Wildman–Crippen LogP) is 1.46. The zero-order chi connectivity index (χ0) is 16.8. The van der Waals surface area contributed by atoms with E-state index in [1.165, 1.54) is 18.4 Å². The molecule has 1 heterocycles. The van der Waals surface area contributed by atoms with Crippen molar-refractivity contribution < 1.29 is 19.1 Å². The molecule has 2 aromatic rings. The van der Waals surface area contributed by atoms with Gasteiger partial charge in [0.2, 0.25) is 0 Å². The molecular formula is C15H15N3O4S. The first-order valence-electron chi connectivity index (χ1n) is 6.61. The molecule has 120 valence electrons. The van der Waals surface area contributed by atoms with Gasteiger partial charge in [0.15, 0.2) is 0 Å². The Morgan fingerprint density at radius 2 is 1.87 bits per heavy atom. The molecule has 3 amide bonds. The van der Waals surface area contributed by atoms with E-state index in [-0.39, 0.29) is 0 Å². The molecule has 0 saturated carbocycles. The van der Waals surface area contributed by atoms with E-state index in [2.05, 4.69) is 16.2 Å². The number of rotatable bonds is 3. The van der Waals surface area contributed by atoms with Crippen molar-refractivity contribution in [1.82, 2.24) is 10.9 Å². The number of aryl methyl sites for hydroxylation is 1. The van der Waals surface area contributed by atoms with Crippen LogP contribution in [0.25, 0.3) is 0 Å². The Morgan fingerprint density at radius 1 is 1.09 bits per heavy atom. The summed E-state index contributed by atoms with van der Waals surface area (Å²) in [5.41, 5.74) is 5.50. The number of carbonyl (C=O) groups is 3. The first kappa shape index (κ1) is 16.5. The van der Waals surface area contributed by atoms with Gasteiger partial charge in [0.1, 0.15) is 5.75 Å². The highest BCUT2D eigenvalue weighted by Crippen LogP contribution is 2.24. The van der Waals surface area contributed by atoms with Gasteiger partial charge in [-0.3, -0.25) is 25.2 Å². The fourth-order valence-electron chi connectivity index (χ4n) is 1.74. The van der Waals surface area contributed by atoms with Gasteiger partial charge in [0.05, 0.1) is 17.7 Å². The third-order valence-electron chi connectivity index (χ3n) is 2.84. The zero-order valence-corrected chi connectivity index (χ0v) is 13.3. The number of hydrogen-bond donors (Lipinski definition) is 3. The quantitative estimate of drug-likeness (QED) is 0.585. The molecule has 0 bridgehead atoms. The van der Waals surface area contributed by atoms with Crippen LogP contribution in [0.15, 0.2) is 35.7 Å². The molecule has 2 rings (SSSR count). The summed E-state index contributed by atoms with van der Waals surface area (Å²) in [5, 5.41) is 4.17. The summed E-state index contributed by atoms with van der Waals surface area (Å²) < 4.78 is 5.11. The highest BCUT2D eigenvalue weighted by Gasteiger charge is 2.17. The third-order valence-corrected chi connectivity index (χ3v) is 3.71. The van der Waals surface area contributed by atoms with Crippen LogP contribution in [0, 0.1) is 6.92 Å². The largest absolute Gasteiger partial charge is 0.495 e. The fourth-order valence-corrected chi connectivity index (χ4v) is 2.36. The molecular weight excluding hydrogens is 318 g/mol. The summed E-state index contributed by atoms with van der Waals surface area (Å²) in [6.07, 6.45) is 0. The molecule has 0 aliphatic rings. The van der Waals surface area contributed by atoms with Crippen LogP contribution < -0.4 is 20.9 Å². The van der Waals surface area contributed by atoms with Crippen molar-refractivity contribution in [2.45, 2.75) is 6.92 Å². The van der Waals surface area contributed by atoms with Crippen LogP contribution >= 0.6 is 11.3 Å². The summed E-state index contributed by atoms with van der Waals surface area (Å²) in [7, 11) is 1.46. The fraction of sp³-hybridized carbons (Fsp3) is 0.133. The first-order chi connectivity index (χ1) is 11.0. The Hall–Kier alpha value is -2.87. The van der Waals surface area contributed by atoms with Crippen LogP contribution in [-0.4, -0.2) is 24.8 Å². The Morgan fingerprint density at radius 3 is 2.52 bits per heavy atom. The van der Waals surface area contributed by atoms with Crippen molar-refractivity contribution in [3.63, 3.8) is 0 Å². The standard InChI is InChI=1S/C15H15N3O4S/c1-9-5-6-11(22-2)10(8-9)16-14(20)15(21)18-17-13(19)12-4-3-7-23-12/h3-8H,1-2H3,(H,16,20)(H,17,19)(H,18,21). The molecule has 1 aromatic carbocycles. The molecule has 0 aliphatic heterocycles. The molecule has 8 heteroatoms. The van der Waals surface area contributed by atoms with Crippen molar-refractivity contribution in [3.8, 4) is 5.75 Å². The van der Waals surface area contributed by atoms with E-state index < -0.39 is 17.7 Å². The van der Waals surface area contributed by atoms with Crippen LogP contribution in [0.4, 0.5) is 5.69 Å². The van der Waals surface area contributed by atoms with Gasteiger partial charge in [-0.1, -0.05) is 12.1 Å². The van der Waals surface area contributed by atoms with E-state index in [0.717, 1.165) is 5.56 Å². The Bertz CT molecular complexity index is 728. The highest BCUT2D eigenvalue weighted by molar-refractivity contribution is 7.12. The second-order valence-corrected chi connectivity index (χ2v) is 5.49. The summed E-state index contributed by atoms with van der Waals surface area (Å²) in [5.74, 6) is -1.97. The van der Waals surface area contributed by atoms with Gasteiger partial charge in [-0.25, -0.2) is 0 Å². The minimum absolute atomic E-state index is 0.372. The predicted molar refractivity (Wildman–Crippen MR) is 86.3 cm³/mol. The van der Waals surface area contributed by atoms with Crippen LogP contribution in [0.2, 0.25) is 0 Å². The molecule has 7 nitrogen and oxygen atoms in total. The molecule has 0 radical (unpaired) electrons. The van der Waals surface area contributed by atoms with E-state index in [4.69, 9.17) is 4.74 Å². The van der Waals surface area contributed by atoms with Crippen molar-refractivity contribution in [2.24, 2.45) is 0 Å². The molecule has 0 spiro atoms. The molecule has 0 fully saturated rings. The van der Waals surface area contributed by atoms with Crippen molar-refractivity contribution in [2.75, 3.05) is 12.4 Å². The number of amides is 3. The van der Waals surface area contributed by atoms with Crippen LogP contribution in [0.5, 0.6) is 5.75 Å². The topological polar surface area (TPSA) is 96.5 Å². The second kappa shape index (κ2) is 7.41. The number of hydrazine groups is 1. The maximum Gasteiger partial charge on any atom is 0.328 e. The molecule has 1 aromatic heterocycles. The Balaban J connectivity index is 1.94. The Labute approximate surface area is 136 Å². The number of hydrogen-bond acceptors (Lipinski definition) is 5. The van der Waals surface area contributed by atoms with E-state index in [9.17, 15) is 14.4 Å². The van der Waals surface area contributed by atoms with Crippen molar-refractivity contribution in [3.05, 3.63) is 46.2 Å². The molecule has 3 N–H and O–H groups in total. The van der Waals surface area contributed by atoms with E-state index in [1.807, 2.05) is 13.0 Å². The normalized spacial score (nSPS) is 9.83. The van der Waals surface area contributed by atoms with E-state index >= 15 is 0 Å². The second-order valence-electron chi connectivity index (χ2n) is 4.54. The number of carbonyl (C=O) groups excluding carboxylic acids is 3. The number of methoxy groups -OCH3 is 1. The summed E-state index contributed by atoms with van der Waals surface area (Å²) >= 11 is 1.22. The molecule has 0 atom stereocenters. The lowest BCUT2D eigenvalue weighted by molar-refractivity contribution is -0.136. The lowest BCUT2D eigenvalue weighted by atomic mass is 10.2. The van der Waals surface area contributed by atoms with Gasteiger partial charge in [-0.2, -0.15) is 0 Å². The van der Waals surface area contributed by atoms with Crippen molar-refractivity contribution in [1.29, 1.82) is 0 Å². The van der Waals surface area contributed by atoms with E-state index in [0.29, 0.717) is 16.3 Å². The number of benzene rings is 1. The van der Waals surface area contributed by atoms with Gasteiger partial charge in [0, 0.05) is 0 Å². The summed E-state index contributed by atoms with van der Waals surface area (Å²) in [6.45, 7) is 1.84. The average Bonchev–Trinajstić information content (AvgIpc) is 3.07. The SMILES string of the molecule is COc1ccc(C)cc1NC(=O)C(=O)NNC(=O)c1cccs1. The lowest BCUT2D eigenvalue weighted by Gasteiger charge is -2.11. The number of anilines is 1. The van der Waals surface area contributed by atoms with Crippen LogP contribution in [-0.2, 0) is 9.59 Å². The molecule has 0 unspecified atom stereocenters. The maximum absolute atomic E-state index is 11.9. The minimum Gasteiger partial charge on any atom is -0.495 e. The summed E-state index contributed by atoms with van der Waals surface area (Å²) in [6, 6.07) is 8.48. The van der Waals surface area contributed by atoms with Crippen LogP contribution in [0.3, 0.4) is 0 Å². The smallest absolute Gasteiger partial charge is 0.328 e. The minimum atomic E-state index is -0.988. The number of ether oxygens (including phenoxy) is 1. The summed E-state index contributed by atoms with van der Waals surface area (Å²) in [4.78, 5) is 35.7. The van der Waals surface area contributed by atoms with E-state index in [1.54, 1.807) is 29.6 Å². The number of nitrogens with one attached hydrogen (secondary N) is 3. The zero-order valence-electron chi connectivity index (χ0n) is 12.5. The molecule has 0 aliphatic carbocycles. The number of thiophene rings is 1. The van der Waals surface area contributed by atoms with Gasteiger partial charge >= 0.3 is 11.8 Å². The lowest BCUT2D eigenvalue weighted by Crippen LogP contribution is -2.46. The van der Waals surface area contributed by atoms with Gasteiger partial charge in [0.25, 0.3) is 5.91 Å². The maximum atomic E-state index is 11.9. The highest BCUT2D eigenvalue weighted by atomic mass is 32.1. The molecule has 0 saturated heterocycles. The Kier molecular flexibility index (Phi) is 5.32. The monoisotopic (exact) mass is 333 g/mol. The third kappa shape index (κ3) is 4.30. The molecule has 23 heavy (non-hydrogen) atoms.